The molecule has 2 aromatic heterocycles. The minimum atomic E-state index is -0.0984. The summed E-state index contributed by atoms with van der Waals surface area (Å²) in [7, 11) is 0. The number of aromatic nitrogens is 3. The second-order valence-electron chi connectivity index (χ2n) is 7.63. The Hall–Kier alpha value is -2.21. The quantitative estimate of drug-likeness (QED) is 0.883. The highest BCUT2D eigenvalue weighted by atomic mass is 16.5. The van der Waals surface area contributed by atoms with E-state index < -0.39 is 0 Å². The van der Waals surface area contributed by atoms with Crippen LogP contribution in [0.2, 0.25) is 0 Å². The van der Waals surface area contributed by atoms with Crippen LogP contribution in [0.3, 0.4) is 0 Å². The van der Waals surface area contributed by atoms with E-state index in [0.29, 0.717) is 17.4 Å². The van der Waals surface area contributed by atoms with Crippen molar-refractivity contribution in [3.8, 4) is 11.4 Å². The van der Waals surface area contributed by atoms with Crippen molar-refractivity contribution in [1.82, 2.24) is 15.0 Å². The lowest BCUT2D eigenvalue weighted by Gasteiger charge is -2.38. The third-order valence-corrected chi connectivity index (χ3v) is 5.79. The van der Waals surface area contributed by atoms with Gasteiger partial charge in [0.2, 0.25) is 0 Å². The zero-order valence-corrected chi connectivity index (χ0v) is 15.5. The average molecular weight is 354 g/mol. The molecule has 26 heavy (non-hydrogen) atoms. The molecule has 1 aliphatic carbocycles. The number of hydrogen-bond acceptors (Lipinski definition) is 5. The molecule has 1 atom stereocenters. The first-order valence-electron chi connectivity index (χ1n) is 9.49. The molecule has 2 N–H and O–H groups in total. The maximum absolute atomic E-state index is 11.9. The summed E-state index contributed by atoms with van der Waals surface area (Å²) in [6.45, 7) is 4.45. The Morgan fingerprint density at radius 1 is 1.27 bits per heavy atom. The Bertz CT molecular complexity index is 838. The van der Waals surface area contributed by atoms with Gasteiger partial charge in [-0.25, -0.2) is 9.97 Å². The van der Waals surface area contributed by atoms with Gasteiger partial charge in [0, 0.05) is 35.7 Å². The summed E-state index contributed by atoms with van der Waals surface area (Å²) in [5, 5.41) is 3.56. The molecule has 4 rings (SSSR count). The summed E-state index contributed by atoms with van der Waals surface area (Å²) < 4.78 is 6.10. The number of aryl methyl sites for hydroxylation is 1. The van der Waals surface area contributed by atoms with Crippen LogP contribution in [0.4, 0.5) is 5.82 Å². The lowest BCUT2D eigenvalue weighted by Crippen LogP contribution is -2.42. The van der Waals surface area contributed by atoms with Gasteiger partial charge in [-0.1, -0.05) is 12.8 Å². The highest BCUT2D eigenvalue weighted by molar-refractivity contribution is 5.56. The van der Waals surface area contributed by atoms with Crippen LogP contribution in [-0.2, 0) is 4.74 Å². The second-order valence-corrected chi connectivity index (χ2v) is 7.63. The van der Waals surface area contributed by atoms with Gasteiger partial charge in [0.1, 0.15) is 11.6 Å². The molecule has 1 saturated carbocycles. The fraction of sp³-hybridized carbons (Fsp3) is 0.550. The van der Waals surface area contributed by atoms with Gasteiger partial charge >= 0.3 is 0 Å². The number of nitrogens with zero attached hydrogens (tertiary/aromatic N) is 2. The molecule has 0 aromatic carbocycles. The van der Waals surface area contributed by atoms with Crippen LogP contribution in [0.25, 0.3) is 11.4 Å². The predicted octanol–water partition coefficient (Wildman–Crippen LogP) is 3.35. The van der Waals surface area contributed by atoms with E-state index in [2.05, 4.69) is 20.3 Å². The van der Waals surface area contributed by atoms with Gasteiger partial charge in [0.15, 0.2) is 0 Å². The predicted molar refractivity (Wildman–Crippen MR) is 101 cm³/mol. The lowest BCUT2D eigenvalue weighted by molar-refractivity contribution is -0.0767. The van der Waals surface area contributed by atoms with Crippen LogP contribution in [0, 0.1) is 13.8 Å². The van der Waals surface area contributed by atoms with Crippen molar-refractivity contribution < 1.29 is 4.74 Å². The van der Waals surface area contributed by atoms with E-state index in [4.69, 9.17) is 4.74 Å². The van der Waals surface area contributed by atoms with Crippen molar-refractivity contribution in [1.29, 1.82) is 0 Å². The fourth-order valence-electron chi connectivity index (χ4n) is 4.13. The van der Waals surface area contributed by atoms with Crippen LogP contribution in [0.15, 0.2) is 23.1 Å². The number of H-pyrrole nitrogens is 1. The Kier molecular flexibility index (Phi) is 4.53. The van der Waals surface area contributed by atoms with Gasteiger partial charge in [-0.2, -0.15) is 0 Å². The Morgan fingerprint density at radius 3 is 2.77 bits per heavy atom. The average Bonchev–Trinajstić information content (AvgIpc) is 3.07. The number of anilines is 1. The molecule has 1 saturated heterocycles. The number of nitrogens with one attached hydrogen (secondary N) is 2. The highest BCUT2D eigenvalue weighted by Gasteiger charge is 2.39. The summed E-state index contributed by atoms with van der Waals surface area (Å²) in [6, 6.07) is 4.31. The van der Waals surface area contributed by atoms with E-state index in [-0.39, 0.29) is 11.2 Å². The minimum absolute atomic E-state index is 0.0959. The van der Waals surface area contributed by atoms with E-state index in [9.17, 15) is 4.79 Å². The topological polar surface area (TPSA) is 79.9 Å². The number of hydrogen-bond donors (Lipinski definition) is 2. The van der Waals surface area contributed by atoms with E-state index in [1.165, 1.54) is 25.7 Å². The first-order chi connectivity index (χ1) is 12.5. The van der Waals surface area contributed by atoms with E-state index in [1.54, 1.807) is 13.1 Å². The van der Waals surface area contributed by atoms with Crippen LogP contribution >= 0.6 is 0 Å². The molecule has 0 bridgehead atoms. The second kappa shape index (κ2) is 6.83. The maximum atomic E-state index is 11.9. The number of ether oxygens (including phenoxy) is 1. The van der Waals surface area contributed by atoms with Gasteiger partial charge in [-0.15, -0.1) is 0 Å². The van der Waals surface area contributed by atoms with Gasteiger partial charge < -0.3 is 15.0 Å². The first-order valence-corrected chi connectivity index (χ1v) is 9.49. The van der Waals surface area contributed by atoms with Crippen LogP contribution in [0.1, 0.15) is 49.8 Å². The molecule has 3 heterocycles. The molecule has 2 aliphatic rings. The van der Waals surface area contributed by atoms with Crippen molar-refractivity contribution in [2.24, 2.45) is 0 Å². The number of aromatic amines is 1. The summed E-state index contributed by atoms with van der Waals surface area (Å²) in [5.74, 6) is 1.42. The Balaban J connectivity index is 1.47. The standard InChI is InChI=1S/C20H26N4O2/c1-13-14(2)22-18(24-19(13)25)15-5-6-17(21-12-15)23-16-7-10-26-20(11-16)8-3-4-9-20/h5-6,12,16H,3-4,7-11H2,1-2H3,(H,21,23)(H,22,24,25). The van der Waals surface area contributed by atoms with E-state index >= 15 is 0 Å². The summed E-state index contributed by atoms with van der Waals surface area (Å²) in [5.41, 5.74) is 2.21. The monoisotopic (exact) mass is 354 g/mol. The van der Waals surface area contributed by atoms with Crippen molar-refractivity contribution >= 4 is 5.82 Å². The fourth-order valence-corrected chi connectivity index (χ4v) is 4.13. The van der Waals surface area contributed by atoms with Gasteiger partial charge in [-0.3, -0.25) is 4.79 Å². The molecule has 1 aliphatic heterocycles. The van der Waals surface area contributed by atoms with Crippen molar-refractivity contribution in [2.75, 3.05) is 11.9 Å². The van der Waals surface area contributed by atoms with Crippen molar-refractivity contribution in [2.45, 2.75) is 64.0 Å². The summed E-state index contributed by atoms with van der Waals surface area (Å²) in [6.07, 6.45) is 8.76. The molecule has 1 unspecified atom stereocenters. The number of rotatable bonds is 3. The van der Waals surface area contributed by atoms with Crippen LogP contribution in [-0.4, -0.2) is 33.2 Å². The maximum Gasteiger partial charge on any atom is 0.254 e. The summed E-state index contributed by atoms with van der Waals surface area (Å²) >= 11 is 0. The van der Waals surface area contributed by atoms with Crippen LogP contribution in [0.5, 0.6) is 0 Å². The molecule has 2 aromatic rings. The van der Waals surface area contributed by atoms with E-state index in [1.807, 2.05) is 19.1 Å². The molecular formula is C20H26N4O2. The largest absolute Gasteiger partial charge is 0.375 e. The normalized spacial score (nSPS) is 21.8. The van der Waals surface area contributed by atoms with Gasteiger partial charge in [0.05, 0.1) is 5.60 Å². The van der Waals surface area contributed by atoms with E-state index in [0.717, 1.165) is 36.5 Å². The van der Waals surface area contributed by atoms with Crippen LogP contribution < -0.4 is 10.9 Å². The molecule has 138 valence electrons. The molecule has 1 spiro atoms. The molecule has 0 amide bonds. The summed E-state index contributed by atoms with van der Waals surface area (Å²) in [4.78, 5) is 23.8. The smallest absolute Gasteiger partial charge is 0.254 e. The first kappa shape index (κ1) is 17.2. The van der Waals surface area contributed by atoms with Gasteiger partial charge in [-0.05, 0) is 51.7 Å². The zero-order valence-electron chi connectivity index (χ0n) is 15.5. The van der Waals surface area contributed by atoms with Crippen molar-refractivity contribution in [3.63, 3.8) is 0 Å². The molecular weight excluding hydrogens is 328 g/mol. The molecule has 0 radical (unpaired) electrons. The zero-order chi connectivity index (χ0) is 18.1. The lowest BCUT2D eigenvalue weighted by atomic mass is 9.89. The third kappa shape index (κ3) is 3.38. The number of pyridine rings is 1. The van der Waals surface area contributed by atoms with Crippen molar-refractivity contribution in [3.05, 3.63) is 39.9 Å². The minimum Gasteiger partial charge on any atom is -0.375 e. The molecule has 6 heteroatoms. The highest BCUT2D eigenvalue weighted by Crippen LogP contribution is 2.40. The Morgan fingerprint density at radius 2 is 2.08 bits per heavy atom. The SMILES string of the molecule is Cc1nc(-c2ccc(NC3CCOC4(CCCC4)C3)nc2)[nH]c(=O)c1C. The Labute approximate surface area is 153 Å². The molecule has 2 fully saturated rings. The molecule has 6 nitrogen and oxygen atoms in total. The third-order valence-electron chi connectivity index (χ3n) is 5.79. The van der Waals surface area contributed by atoms with Gasteiger partial charge in [0.25, 0.3) is 5.56 Å².